The van der Waals surface area contributed by atoms with Crippen LogP contribution in [0.1, 0.15) is 25.8 Å². The van der Waals surface area contributed by atoms with Gasteiger partial charge in [0, 0.05) is 13.6 Å². The number of benzene rings is 1. The Kier molecular flexibility index (Phi) is 5.51. The Balaban J connectivity index is 2.44. The maximum absolute atomic E-state index is 12.0. The summed E-state index contributed by atoms with van der Waals surface area (Å²) in [6.45, 7) is 3.63. The molecule has 4 heteroatoms. The zero-order valence-corrected chi connectivity index (χ0v) is 12.0. The van der Waals surface area contributed by atoms with Crippen molar-refractivity contribution in [1.29, 1.82) is 0 Å². The lowest BCUT2D eigenvalue weighted by molar-refractivity contribution is -0.134. The van der Waals surface area contributed by atoms with Gasteiger partial charge in [-0.3, -0.25) is 4.79 Å². The Bertz CT molecular complexity index is 398. The van der Waals surface area contributed by atoms with Crippen LogP contribution in [0.15, 0.2) is 30.3 Å². The molecule has 3 N–H and O–H groups in total. The molecule has 0 heterocycles. The molecule has 1 aromatic carbocycles. The minimum Gasteiger partial charge on any atom is -0.389 e. The summed E-state index contributed by atoms with van der Waals surface area (Å²) in [5, 5.41) is 9.69. The Labute approximate surface area is 115 Å². The normalized spacial score (nSPS) is 13.1. The van der Waals surface area contributed by atoms with Gasteiger partial charge in [-0.2, -0.15) is 0 Å². The maximum Gasteiger partial charge on any atom is 0.239 e. The second-order valence-corrected chi connectivity index (χ2v) is 5.64. The summed E-state index contributed by atoms with van der Waals surface area (Å²) in [5.74, 6) is -0.127. The van der Waals surface area contributed by atoms with E-state index >= 15 is 0 Å². The van der Waals surface area contributed by atoms with E-state index in [0.29, 0.717) is 6.42 Å². The lowest BCUT2D eigenvalue weighted by Crippen LogP contribution is -2.47. The van der Waals surface area contributed by atoms with Crippen molar-refractivity contribution in [3.63, 3.8) is 0 Å². The predicted octanol–water partition coefficient (Wildman–Crippen LogP) is 1.18. The molecule has 0 aromatic heterocycles. The molecule has 106 valence electrons. The highest BCUT2D eigenvalue weighted by molar-refractivity contribution is 5.81. The van der Waals surface area contributed by atoms with Crippen molar-refractivity contribution in [1.82, 2.24) is 4.90 Å². The first-order chi connectivity index (χ1) is 8.79. The van der Waals surface area contributed by atoms with E-state index < -0.39 is 11.6 Å². The van der Waals surface area contributed by atoms with Crippen molar-refractivity contribution in [2.45, 2.75) is 38.3 Å². The topological polar surface area (TPSA) is 66.6 Å². The zero-order valence-electron chi connectivity index (χ0n) is 12.0. The van der Waals surface area contributed by atoms with Crippen molar-refractivity contribution in [3.05, 3.63) is 35.9 Å². The molecule has 0 aliphatic heterocycles. The highest BCUT2D eigenvalue weighted by Crippen LogP contribution is 2.08. The van der Waals surface area contributed by atoms with Crippen molar-refractivity contribution < 1.29 is 9.90 Å². The molecule has 1 rings (SSSR count). The number of nitrogens with zero attached hydrogens (tertiary/aromatic N) is 1. The van der Waals surface area contributed by atoms with Gasteiger partial charge in [-0.05, 0) is 32.3 Å². The van der Waals surface area contributed by atoms with Gasteiger partial charge >= 0.3 is 0 Å². The molecular weight excluding hydrogens is 240 g/mol. The second-order valence-electron chi connectivity index (χ2n) is 5.64. The maximum atomic E-state index is 12.0. The van der Waals surface area contributed by atoms with Crippen LogP contribution in [-0.2, 0) is 11.2 Å². The summed E-state index contributed by atoms with van der Waals surface area (Å²) in [5.41, 5.74) is 6.19. The molecule has 19 heavy (non-hydrogen) atoms. The number of carbonyl (C=O) groups is 1. The molecule has 0 fully saturated rings. The van der Waals surface area contributed by atoms with E-state index in [1.54, 1.807) is 20.9 Å². The fourth-order valence-corrected chi connectivity index (χ4v) is 2.03. The van der Waals surface area contributed by atoms with Crippen molar-refractivity contribution >= 4 is 5.91 Å². The van der Waals surface area contributed by atoms with E-state index in [1.165, 1.54) is 10.5 Å². The van der Waals surface area contributed by atoms with Crippen LogP contribution in [-0.4, -0.2) is 41.1 Å². The van der Waals surface area contributed by atoms with Crippen molar-refractivity contribution in [2.75, 3.05) is 13.6 Å². The minimum absolute atomic E-state index is 0.127. The van der Waals surface area contributed by atoms with Gasteiger partial charge in [-0.25, -0.2) is 0 Å². The molecule has 0 bridgehead atoms. The number of rotatable bonds is 6. The van der Waals surface area contributed by atoms with Gasteiger partial charge in [0.2, 0.25) is 5.91 Å². The number of nitrogens with two attached hydrogens (primary N) is 1. The minimum atomic E-state index is -0.899. The summed E-state index contributed by atoms with van der Waals surface area (Å²) in [6, 6.07) is 9.44. The number of hydrogen-bond acceptors (Lipinski definition) is 3. The Morgan fingerprint density at radius 2 is 1.95 bits per heavy atom. The number of aliphatic hydroxyl groups is 1. The number of amides is 1. The van der Waals surface area contributed by atoms with E-state index in [0.717, 1.165) is 6.42 Å². The molecule has 1 aromatic rings. The van der Waals surface area contributed by atoms with Gasteiger partial charge in [0.15, 0.2) is 0 Å². The van der Waals surface area contributed by atoms with Crippen LogP contribution in [0.5, 0.6) is 0 Å². The van der Waals surface area contributed by atoms with Crippen LogP contribution >= 0.6 is 0 Å². The first-order valence-electron chi connectivity index (χ1n) is 6.56. The third-order valence-electron chi connectivity index (χ3n) is 2.90. The van der Waals surface area contributed by atoms with Gasteiger partial charge in [0.05, 0.1) is 11.6 Å². The smallest absolute Gasteiger partial charge is 0.239 e. The van der Waals surface area contributed by atoms with Crippen LogP contribution in [0.2, 0.25) is 0 Å². The van der Waals surface area contributed by atoms with E-state index in [2.05, 4.69) is 0 Å². The summed E-state index contributed by atoms with van der Waals surface area (Å²) in [7, 11) is 1.67. The lowest BCUT2D eigenvalue weighted by atomic mass is 10.0. The summed E-state index contributed by atoms with van der Waals surface area (Å²) < 4.78 is 0. The van der Waals surface area contributed by atoms with E-state index in [1.807, 2.05) is 30.3 Å². The molecule has 0 saturated heterocycles. The van der Waals surface area contributed by atoms with E-state index in [4.69, 9.17) is 5.73 Å². The zero-order chi connectivity index (χ0) is 14.5. The average molecular weight is 264 g/mol. The molecule has 0 aliphatic carbocycles. The van der Waals surface area contributed by atoms with Gasteiger partial charge in [0.1, 0.15) is 0 Å². The molecule has 0 radical (unpaired) electrons. The summed E-state index contributed by atoms with van der Waals surface area (Å²) >= 11 is 0. The summed E-state index contributed by atoms with van der Waals surface area (Å²) in [4.78, 5) is 13.5. The first-order valence-corrected chi connectivity index (χ1v) is 6.56. The summed E-state index contributed by atoms with van der Waals surface area (Å²) in [6.07, 6.45) is 1.39. The van der Waals surface area contributed by atoms with Crippen LogP contribution in [0.3, 0.4) is 0 Å². The first kappa shape index (κ1) is 15.7. The van der Waals surface area contributed by atoms with Crippen LogP contribution in [0, 0.1) is 0 Å². The molecule has 4 nitrogen and oxygen atoms in total. The Morgan fingerprint density at radius 1 is 1.37 bits per heavy atom. The molecule has 1 amide bonds. The van der Waals surface area contributed by atoms with E-state index in [-0.39, 0.29) is 12.5 Å². The largest absolute Gasteiger partial charge is 0.389 e. The number of hydrogen-bond donors (Lipinski definition) is 2. The van der Waals surface area contributed by atoms with Crippen molar-refractivity contribution in [2.24, 2.45) is 5.73 Å². The fourth-order valence-electron chi connectivity index (χ4n) is 2.03. The number of carbonyl (C=O) groups excluding carboxylic acids is 1. The third-order valence-corrected chi connectivity index (χ3v) is 2.90. The number of aryl methyl sites for hydroxylation is 1. The SMILES string of the molecule is CN(CC(C)(C)O)C(=O)C(N)CCc1ccccc1. The molecule has 1 unspecified atom stereocenters. The van der Waals surface area contributed by atoms with E-state index in [9.17, 15) is 9.90 Å². The van der Waals surface area contributed by atoms with Gasteiger partial charge in [-0.15, -0.1) is 0 Å². The molecule has 1 atom stereocenters. The fraction of sp³-hybridized carbons (Fsp3) is 0.533. The monoisotopic (exact) mass is 264 g/mol. The Morgan fingerprint density at radius 3 is 2.47 bits per heavy atom. The average Bonchev–Trinajstić information content (AvgIpc) is 2.34. The number of likely N-dealkylation sites (N-methyl/N-ethyl adjacent to an activating group) is 1. The molecule has 0 aliphatic rings. The van der Waals surface area contributed by atoms with Crippen LogP contribution < -0.4 is 5.73 Å². The third kappa shape index (κ3) is 5.85. The highest BCUT2D eigenvalue weighted by atomic mass is 16.3. The quantitative estimate of drug-likeness (QED) is 0.810. The molecule has 0 spiro atoms. The Hall–Kier alpha value is -1.39. The van der Waals surface area contributed by atoms with Gasteiger partial charge < -0.3 is 15.7 Å². The van der Waals surface area contributed by atoms with Gasteiger partial charge in [-0.1, -0.05) is 30.3 Å². The van der Waals surface area contributed by atoms with Crippen LogP contribution in [0.25, 0.3) is 0 Å². The molecular formula is C15H24N2O2. The molecule has 0 saturated carbocycles. The van der Waals surface area contributed by atoms with Gasteiger partial charge in [0.25, 0.3) is 0 Å². The van der Waals surface area contributed by atoms with Crippen LogP contribution in [0.4, 0.5) is 0 Å². The lowest BCUT2D eigenvalue weighted by Gasteiger charge is -2.27. The predicted molar refractivity (Wildman–Crippen MR) is 76.7 cm³/mol. The van der Waals surface area contributed by atoms with Crippen molar-refractivity contribution in [3.8, 4) is 0 Å². The standard InChI is InChI=1S/C15H24N2O2/c1-15(2,19)11-17(3)14(18)13(16)10-9-12-7-5-4-6-8-12/h4-8,13,19H,9-11,16H2,1-3H3. The second kappa shape index (κ2) is 6.68. The highest BCUT2D eigenvalue weighted by Gasteiger charge is 2.23.